The highest BCUT2D eigenvalue weighted by atomic mass is 32.2. The lowest BCUT2D eigenvalue weighted by atomic mass is 10.2. The zero-order chi connectivity index (χ0) is 11.1. The lowest BCUT2D eigenvalue weighted by Crippen LogP contribution is -1.99. The minimum absolute atomic E-state index is 0.135. The summed E-state index contributed by atoms with van der Waals surface area (Å²) in [6, 6.07) is 9.99. The Morgan fingerprint density at radius 3 is 2.60 bits per heavy atom. The van der Waals surface area contributed by atoms with Crippen LogP contribution in [-0.2, 0) is 4.79 Å². The molecule has 0 saturated carbocycles. The molecule has 1 rings (SSSR count). The molecule has 2 nitrogen and oxygen atoms in total. The molecule has 0 amide bonds. The van der Waals surface area contributed by atoms with E-state index in [4.69, 9.17) is 5.11 Å². The zero-order valence-corrected chi connectivity index (χ0v) is 9.46. The topological polar surface area (TPSA) is 37.3 Å². The molecule has 0 unspecified atom stereocenters. The molecule has 0 radical (unpaired) electrons. The fourth-order valence-electron chi connectivity index (χ4n) is 1.12. The second kappa shape index (κ2) is 6.30. The van der Waals surface area contributed by atoms with Crippen molar-refractivity contribution in [1.29, 1.82) is 0 Å². The first kappa shape index (κ1) is 11.9. The highest BCUT2D eigenvalue weighted by Crippen LogP contribution is 2.21. The molecule has 0 aromatic heterocycles. The third-order valence-electron chi connectivity index (χ3n) is 1.95. The summed E-state index contributed by atoms with van der Waals surface area (Å²) in [5, 5.41) is 8.66. The number of hydrogen-bond acceptors (Lipinski definition) is 2. The Morgan fingerprint density at radius 2 is 2.07 bits per heavy atom. The molecule has 3 heteroatoms. The van der Waals surface area contributed by atoms with Crippen LogP contribution in [0.1, 0.15) is 13.3 Å². The van der Waals surface area contributed by atoms with Gasteiger partial charge in [-0.05, 0) is 19.1 Å². The smallest absolute Gasteiger partial charge is 0.307 e. The largest absolute Gasteiger partial charge is 0.481 e. The summed E-state index contributed by atoms with van der Waals surface area (Å²) in [5.74, 6) is -0.0240. The van der Waals surface area contributed by atoms with Gasteiger partial charge in [0.15, 0.2) is 0 Å². The van der Waals surface area contributed by atoms with E-state index in [9.17, 15) is 4.79 Å². The van der Waals surface area contributed by atoms with Gasteiger partial charge in [-0.3, -0.25) is 4.79 Å². The molecule has 15 heavy (non-hydrogen) atoms. The van der Waals surface area contributed by atoms with E-state index in [1.807, 2.05) is 43.3 Å². The minimum atomic E-state index is -0.767. The van der Waals surface area contributed by atoms with E-state index in [2.05, 4.69) is 0 Å². The molecule has 0 heterocycles. The summed E-state index contributed by atoms with van der Waals surface area (Å²) in [5.41, 5.74) is 0.955. The summed E-state index contributed by atoms with van der Waals surface area (Å²) < 4.78 is 0. The molecule has 0 atom stereocenters. The van der Waals surface area contributed by atoms with Gasteiger partial charge in [-0.25, -0.2) is 0 Å². The molecular weight excluding hydrogens is 208 g/mol. The van der Waals surface area contributed by atoms with Gasteiger partial charge in [-0.2, -0.15) is 0 Å². The van der Waals surface area contributed by atoms with Crippen molar-refractivity contribution in [1.82, 2.24) is 0 Å². The van der Waals surface area contributed by atoms with Crippen molar-refractivity contribution in [3.05, 3.63) is 42.0 Å². The van der Waals surface area contributed by atoms with Crippen molar-refractivity contribution >= 4 is 17.7 Å². The molecular formula is C12H14O2S. The van der Waals surface area contributed by atoms with Gasteiger partial charge >= 0.3 is 5.97 Å². The zero-order valence-electron chi connectivity index (χ0n) is 8.64. The van der Waals surface area contributed by atoms with E-state index in [-0.39, 0.29) is 6.42 Å². The van der Waals surface area contributed by atoms with Gasteiger partial charge in [-0.1, -0.05) is 29.8 Å². The third kappa shape index (κ3) is 4.70. The molecule has 0 aliphatic carbocycles. The molecule has 0 saturated heterocycles. The quantitative estimate of drug-likeness (QED) is 0.614. The number of aliphatic carboxylic acids is 1. The van der Waals surface area contributed by atoms with Gasteiger partial charge in [0, 0.05) is 10.6 Å². The molecule has 0 aliphatic rings. The van der Waals surface area contributed by atoms with E-state index in [0.717, 1.165) is 11.3 Å². The first-order chi connectivity index (χ1) is 7.22. The Kier molecular flexibility index (Phi) is 4.98. The van der Waals surface area contributed by atoms with E-state index in [1.54, 1.807) is 11.8 Å². The number of carbonyl (C=O) groups is 1. The molecule has 1 aromatic carbocycles. The van der Waals surface area contributed by atoms with Crippen molar-refractivity contribution in [2.75, 3.05) is 5.75 Å². The number of carboxylic acid groups (broad SMARTS) is 1. The predicted molar refractivity (Wildman–Crippen MR) is 63.2 cm³/mol. The minimum Gasteiger partial charge on any atom is -0.481 e. The Labute approximate surface area is 94.0 Å². The Morgan fingerprint density at radius 1 is 1.40 bits per heavy atom. The summed E-state index contributed by atoms with van der Waals surface area (Å²) in [6.45, 7) is 1.88. The van der Waals surface area contributed by atoms with Crippen LogP contribution in [0, 0.1) is 0 Å². The third-order valence-corrected chi connectivity index (χ3v) is 3.07. The van der Waals surface area contributed by atoms with Crippen LogP contribution in [0.5, 0.6) is 0 Å². The fourth-order valence-corrected chi connectivity index (χ4v) is 2.09. The number of benzene rings is 1. The Balaban J connectivity index is 2.45. The molecule has 0 fully saturated rings. The molecule has 0 aliphatic heterocycles. The summed E-state index contributed by atoms with van der Waals surface area (Å²) >= 11 is 1.66. The predicted octanol–water partition coefficient (Wildman–Crippen LogP) is 3.20. The highest BCUT2D eigenvalue weighted by Gasteiger charge is 2.03. The maximum atomic E-state index is 10.5. The van der Waals surface area contributed by atoms with Crippen LogP contribution in [0.15, 0.2) is 46.9 Å². The van der Waals surface area contributed by atoms with Gasteiger partial charge in [0.2, 0.25) is 0 Å². The molecule has 1 N–H and O–H groups in total. The van der Waals surface area contributed by atoms with E-state index in [1.165, 1.54) is 4.90 Å². The first-order valence-corrected chi connectivity index (χ1v) is 5.74. The normalized spacial score (nSPS) is 11.4. The van der Waals surface area contributed by atoms with Crippen LogP contribution in [0.3, 0.4) is 0 Å². The van der Waals surface area contributed by atoms with Gasteiger partial charge in [0.25, 0.3) is 0 Å². The summed E-state index contributed by atoms with van der Waals surface area (Å²) in [4.78, 5) is 11.7. The number of rotatable bonds is 5. The van der Waals surface area contributed by atoms with Crippen LogP contribution < -0.4 is 0 Å². The second-order valence-corrected chi connectivity index (χ2v) is 4.17. The number of thioether (sulfide) groups is 1. The first-order valence-electron chi connectivity index (χ1n) is 4.76. The van der Waals surface area contributed by atoms with Gasteiger partial charge in [0.1, 0.15) is 0 Å². The van der Waals surface area contributed by atoms with Gasteiger partial charge in [0.05, 0.1) is 6.42 Å². The van der Waals surface area contributed by atoms with Crippen molar-refractivity contribution in [2.24, 2.45) is 0 Å². The van der Waals surface area contributed by atoms with Crippen molar-refractivity contribution < 1.29 is 9.90 Å². The Bertz CT molecular complexity index is 344. The maximum Gasteiger partial charge on any atom is 0.307 e. The van der Waals surface area contributed by atoms with E-state index in [0.29, 0.717) is 0 Å². The van der Waals surface area contributed by atoms with E-state index >= 15 is 0 Å². The summed E-state index contributed by atoms with van der Waals surface area (Å²) in [7, 11) is 0. The summed E-state index contributed by atoms with van der Waals surface area (Å²) in [6.07, 6.45) is 2.01. The monoisotopic (exact) mass is 222 g/mol. The number of hydrogen-bond donors (Lipinski definition) is 1. The van der Waals surface area contributed by atoms with Crippen LogP contribution in [0.25, 0.3) is 0 Å². The molecule has 1 aromatic rings. The second-order valence-electron chi connectivity index (χ2n) is 3.12. The van der Waals surface area contributed by atoms with Gasteiger partial charge < -0.3 is 5.11 Å². The molecule has 0 spiro atoms. The Hall–Kier alpha value is -1.22. The maximum absolute atomic E-state index is 10.5. The van der Waals surface area contributed by atoms with Crippen LogP contribution in [0.2, 0.25) is 0 Å². The standard InChI is InChI=1S/C12H14O2S/c1-2-10(8-12(13)14)9-15-11-6-4-3-5-7-11/h2-7H,8-9H2,1H3,(H,13,14)/b10-2-. The van der Waals surface area contributed by atoms with E-state index < -0.39 is 5.97 Å². The van der Waals surface area contributed by atoms with Crippen molar-refractivity contribution in [2.45, 2.75) is 18.2 Å². The SMILES string of the molecule is C/C=C(\CSc1ccccc1)CC(=O)O. The fraction of sp³-hybridized carbons (Fsp3) is 0.250. The van der Waals surface area contributed by atoms with Crippen molar-refractivity contribution in [3.63, 3.8) is 0 Å². The number of carboxylic acids is 1. The van der Waals surface area contributed by atoms with Gasteiger partial charge in [-0.15, -0.1) is 11.8 Å². The molecule has 80 valence electrons. The van der Waals surface area contributed by atoms with Crippen LogP contribution in [-0.4, -0.2) is 16.8 Å². The lowest BCUT2D eigenvalue weighted by Gasteiger charge is -2.03. The van der Waals surface area contributed by atoms with Crippen molar-refractivity contribution in [3.8, 4) is 0 Å². The van der Waals surface area contributed by atoms with Crippen LogP contribution in [0.4, 0.5) is 0 Å². The highest BCUT2D eigenvalue weighted by molar-refractivity contribution is 7.99. The number of allylic oxidation sites excluding steroid dienone is 1. The average molecular weight is 222 g/mol. The molecule has 0 bridgehead atoms. The average Bonchev–Trinajstić information content (AvgIpc) is 2.25. The van der Waals surface area contributed by atoms with Crippen LogP contribution >= 0.6 is 11.8 Å². The lowest BCUT2D eigenvalue weighted by molar-refractivity contribution is -0.136.